The standard InChI is InChI=1S/C41H42N2O2/c1-32(29-34(25-26-42)30-41(37-19-11-5-12-20-37)38-21-13-6-14-22-38)44-27-28-45-33(2)39(31-43)23-24-40(35-15-7-3-8-16-35)36-17-9-4-10-18-36/h3-24,30-31,34,43H,1-2,25-29,42H2/b39-23-,43-31?. The molecule has 4 aromatic carbocycles. The minimum atomic E-state index is 0.163. The third kappa shape index (κ3) is 10.2. The summed E-state index contributed by atoms with van der Waals surface area (Å²) >= 11 is 0. The number of benzene rings is 4. The third-order valence-electron chi connectivity index (χ3n) is 7.34. The molecule has 4 aromatic rings. The zero-order valence-corrected chi connectivity index (χ0v) is 25.8. The minimum absolute atomic E-state index is 0.163. The van der Waals surface area contributed by atoms with Gasteiger partial charge in [0.25, 0.3) is 0 Å². The smallest absolute Gasteiger partial charge is 0.122 e. The van der Waals surface area contributed by atoms with Gasteiger partial charge in [-0.25, -0.2) is 0 Å². The van der Waals surface area contributed by atoms with Crippen LogP contribution in [-0.2, 0) is 9.47 Å². The van der Waals surface area contributed by atoms with Crippen molar-refractivity contribution in [2.45, 2.75) is 12.8 Å². The number of ether oxygens (including phenoxy) is 2. The van der Waals surface area contributed by atoms with Crippen molar-refractivity contribution in [3.8, 4) is 0 Å². The van der Waals surface area contributed by atoms with Crippen molar-refractivity contribution < 1.29 is 9.47 Å². The van der Waals surface area contributed by atoms with Gasteiger partial charge in [-0.15, -0.1) is 0 Å². The molecule has 0 fully saturated rings. The number of nitrogens with one attached hydrogen (secondary N) is 1. The fourth-order valence-corrected chi connectivity index (χ4v) is 5.06. The number of hydrogen-bond donors (Lipinski definition) is 2. The summed E-state index contributed by atoms with van der Waals surface area (Å²) in [5.74, 6) is 1.26. The van der Waals surface area contributed by atoms with Crippen LogP contribution in [0.4, 0.5) is 0 Å². The highest BCUT2D eigenvalue weighted by Gasteiger charge is 2.13. The molecule has 0 radical (unpaired) electrons. The number of hydrogen-bond acceptors (Lipinski definition) is 4. The van der Waals surface area contributed by atoms with Crippen molar-refractivity contribution in [1.82, 2.24) is 0 Å². The lowest BCUT2D eigenvalue weighted by atomic mass is 9.90. The van der Waals surface area contributed by atoms with Crippen molar-refractivity contribution >= 4 is 17.4 Å². The molecule has 4 rings (SSSR count). The molecule has 0 aromatic heterocycles. The maximum absolute atomic E-state index is 7.96. The van der Waals surface area contributed by atoms with E-state index >= 15 is 0 Å². The lowest BCUT2D eigenvalue weighted by Crippen LogP contribution is -2.11. The van der Waals surface area contributed by atoms with Gasteiger partial charge in [0.15, 0.2) is 0 Å². The third-order valence-corrected chi connectivity index (χ3v) is 7.34. The van der Waals surface area contributed by atoms with Crippen LogP contribution in [0.1, 0.15) is 35.1 Å². The SMILES string of the molecule is C=C(CC(C=C(c1ccccc1)c1ccccc1)CCN)OCCOC(=C)/C(C=N)=C\C=C(c1ccccc1)c1ccccc1. The van der Waals surface area contributed by atoms with Gasteiger partial charge in [-0.05, 0) is 58.4 Å². The molecule has 0 spiro atoms. The first-order valence-corrected chi connectivity index (χ1v) is 15.3. The Balaban J connectivity index is 1.36. The largest absolute Gasteiger partial charge is 0.495 e. The Morgan fingerprint density at radius 2 is 1.09 bits per heavy atom. The molecule has 0 amide bonds. The topological polar surface area (TPSA) is 68.3 Å². The van der Waals surface area contributed by atoms with Gasteiger partial charge in [0.1, 0.15) is 19.0 Å². The van der Waals surface area contributed by atoms with Gasteiger partial charge >= 0.3 is 0 Å². The van der Waals surface area contributed by atoms with Gasteiger partial charge in [-0.3, -0.25) is 0 Å². The maximum atomic E-state index is 7.96. The van der Waals surface area contributed by atoms with Crippen molar-refractivity contribution in [2.75, 3.05) is 19.8 Å². The van der Waals surface area contributed by atoms with Gasteiger partial charge in [-0.2, -0.15) is 0 Å². The van der Waals surface area contributed by atoms with Crippen LogP contribution < -0.4 is 5.73 Å². The molecule has 0 aliphatic rings. The molecule has 0 saturated heterocycles. The first kappa shape index (κ1) is 32.7. The predicted molar refractivity (Wildman–Crippen MR) is 189 cm³/mol. The van der Waals surface area contributed by atoms with Crippen molar-refractivity contribution in [3.63, 3.8) is 0 Å². The van der Waals surface area contributed by atoms with E-state index in [1.165, 1.54) is 11.8 Å². The van der Waals surface area contributed by atoms with Gasteiger partial charge in [0, 0.05) is 18.2 Å². The van der Waals surface area contributed by atoms with Crippen LogP contribution in [0.2, 0.25) is 0 Å². The van der Waals surface area contributed by atoms with Gasteiger partial charge in [0.2, 0.25) is 0 Å². The first-order chi connectivity index (χ1) is 22.1. The zero-order valence-electron chi connectivity index (χ0n) is 25.8. The molecule has 4 heteroatoms. The number of nitrogens with two attached hydrogens (primary N) is 1. The van der Waals surface area contributed by atoms with E-state index in [9.17, 15) is 0 Å². The van der Waals surface area contributed by atoms with Crippen LogP contribution in [0.25, 0.3) is 11.1 Å². The summed E-state index contributed by atoms with van der Waals surface area (Å²) < 4.78 is 11.9. The fraction of sp³-hybridized carbons (Fsp3) is 0.146. The highest BCUT2D eigenvalue weighted by molar-refractivity contribution is 5.85. The zero-order chi connectivity index (χ0) is 31.7. The van der Waals surface area contributed by atoms with Crippen molar-refractivity contribution in [3.05, 3.63) is 192 Å². The van der Waals surface area contributed by atoms with Gasteiger partial charge in [-0.1, -0.05) is 147 Å². The van der Waals surface area contributed by atoms with Crippen LogP contribution in [-0.4, -0.2) is 26.0 Å². The molecular weight excluding hydrogens is 552 g/mol. The molecule has 0 aliphatic heterocycles. The summed E-state index contributed by atoms with van der Waals surface area (Å²) in [4.78, 5) is 0. The van der Waals surface area contributed by atoms with E-state index < -0.39 is 0 Å². The van der Waals surface area contributed by atoms with E-state index in [-0.39, 0.29) is 12.5 Å². The van der Waals surface area contributed by atoms with Crippen molar-refractivity contribution in [1.29, 1.82) is 5.41 Å². The molecule has 4 nitrogen and oxygen atoms in total. The maximum Gasteiger partial charge on any atom is 0.122 e. The molecule has 1 atom stereocenters. The molecule has 45 heavy (non-hydrogen) atoms. The van der Waals surface area contributed by atoms with Gasteiger partial charge in [0.05, 0.1) is 5.76 Å². The Morgan fingerprint density at radius 1 is 0.644 bits per heavy atom. The van der Waals surface area contributed by atoms with Crippen LogP contribution in [0.5, 0.6) is 0 Å². The fourth-order valence-electron chi connectivity index (χ4n) is 5.06. The Bertz CT molecular complexity index is 1520. The lowest BCUT2D eigenvalue weighted by molar-refractivity contribution is 0.116. The van der Waals surface area contributed by atoms with Crippen molar-refractivity contribution in [2.24, 2.45) is 11.7 Å². The predicted octanol–water partition coefficient (Wildman–Crippen LogP) is 9.24. The Kier molecular flexibility index (Phi) is 13.0. The number of rotatable bonds is 17. The molecule has 3 N–H and O–H groups in total. The first-order valence-electron chi connectivity index (χ1n) is 15.3. The van der Waals surface area contributed by atoms with E-state index in [1.807, 2.05) is 60.7 Å². The Labute approximate surface area is 268 Å². The molecule has 0 saturated carbocycles. The average molecular weight is 595 g/mol. The average Bonchev–Trinajstić information content (AvgIpc) is 3.09. The summed E-state index contributed by atoms with van der Waals surface area (Å²) in [5, 5.41) is 7.96. The Hall–Kier alpha value is -5.19. The number of allylic oxidation sites excluding steroid dienone is 5. The second kappa shape index (κ2) is 17.8. The molecule has 1 unspecified atom stereocenters. The molecule has 228 valence electrons. The summed E-state index contributed by atoms with van der Waals surface area (Å²) in [6, 6.07) is 41.2. The summed E-state index contributed by atoms with van der Waals surface area (Å²) in [6.07, 6.45) is 8.88. The molecule has 0 heterocycles. The van der Waals surface area contributed by atoms with Crippen LogP contribution >= 0.6 is 0 Å². The Morgan fingerprint density at radius 3 is 1.53 bits per heavy atom. The van der Waals surface area contributed by atoms with Gasteiger partial charge < -0.3 is 20.6 Å². The van der Waals surface area contributed by atoms with Crippen LogP contribution in [0, 0.1) is 11.3 Å². The quantitative estimate of drug-likeness (QED) is 0.0554. The van der Waals surface area contributed by atoms with E-state index in [0.29, 0.717) is 36.7 Å². The molecular formula is C41H42N2O2. The monoisotopic (exact) mass is 594 g/mol. The molecule has 0 bridgehead atoms. The van der Waals surface area contributed by atoms with E-state index in [1.54, 1.807) is 0 Å². The van der Waals surface area contributed by atoms with E-state index in [4.69, 9.17) is 20.6 Å². The minimum Gasteiger partial charge on any atom is -0.495 e. The highest BCUT2D eigenvalue weighted by Crippen LogP contribution is 2.28. The van der Waals surface area contributed by atoms with E-state index in [2.05, 4.69) is 92.0 Å². The summed E-state index contributed by atoms with van der Waals surface area (Å²) in [6.45, 7) is 9.41. The normalized spacial score (nSPS) is 11.5. The van der Waals surface area contributed by atoms with Crippen LogP contribution in [0.3, 0.4) is 0 Å². The highest BCUT2D eigenvalue weighted by atomic mass is 16.5. The lowest BCUT2D eigenvalue weighted by Gasteiger charge is -2.18. The summed E-state index contributed by atoms with van der Waals surface area (Å²) in [5.41, 5.74) is 13.3. The summed E-state index contributed by atoms with van der Waals surface area (Å²) in [7, 11) is 0. The van der Waals surface area contributed by atoms with Crippen LogP contribution in [0.15, 0.2) is 170 Å². The second-order valence-corrected chi connectivity index (χ2v) is 10.6. The molecule has 0 aliphatic carbocycles. The van der Waals surface area contributed by atoms with E-state index in [0.717, 1.165) is 34.2 Å². The second-order valence-electron chi connectivity index (χ2n) is 10.6.